The molecule has 0 saturated heterocycles. The summed E-state index contributed by atoms with van der Waals surface area (Å²) in [5, 5.41) is 11.9. The molecule has 0 radical (unpaired) electrons. The van der Waals surface area contributed by atoms with Gasteiger partial charge in [-0.1, -0.05) is 6.92 Å². The Morgan fingerprint density at radius 3 is 2.61 bits per heavy atom. The van der Waals surface area contributed by atoms with Crippen LogP contribution in [0.5, 0.6) is 0 Å². The number of hydrogen-bond donors (Lipinski definition) is 1. The Balaban J connectivity index is 2.44. The summed E-state index contributed by atoms with van der Waals surface area (Å²) in [6, 6.07) is 6.72. The molecule has 2 aromatic rings. The lowest BCUT2D eigenvalue weighted by atomic mass is 10.0. The number of hydrogen-bond acceptors (Lipinski definition) is 4. The van der Waals surface area contributed by atoms with Gasteiger partial charge in [-0.2, -0.15) is 10.2 Å². The van der Waals surface area contributed by atoms with Crippen LogP contribution in [0.25, 0.3) is 0 Å². The topological polar surface area (TPSA) is 37.8 Å². The standard InChI is InChI=1S/C14H19N3S/c1-5-15-14(13-7-6-10(3)18-13)12-8-9(2)16-17-11(12)4/h6-8,14-15H,5H2,1-4H3. The molecule has 0 aromatic carbocycles. The van der Waals surface area contributed by atoms with Gasteiger partial charge < -0.3 is 5.32 Å². The second kappa shape index (κ2) is 5.59. The Kier molecular flexibility index (Phi) is 4.09. The van der Waals surface area contributed by atoms with Gasteiger partial charge in [0.25, 0.3) is 0 Å². The fourth-order valence-corrected chi connectivity index (χ4v) is 3.01. The van der Waals surface area contributed by atoms with Crippen LogP contribution in [0.3, 0.4) is 0 Å². The normalized spacial score (nSPS) is 12.7. The van der Waals surface area contributed by atoms with Gasteiger partial charge in [0.05, 0.1) is 17.4 Å². The molecule has 2 rings (SSSR count). The van der Waals surface area contributed by atoms with Crippen LogP contribution in [0.1, 0.15) is 39.7 Å². The van der Waals surface area contributed by atoms with Crippen molar-refractivity contribution in [2.45, 2.75) is 33.7 Å². The van der Waals surface area contributed by atoms with Crippen LogP contribution >= 0.6 is 11.3 Å². The first-order chi connectivity index (χ1) is 8.61. The Bertz CT molecular complexity index is 534. The van der Waals surface area contributed by atoms with Crippen LogP contribution in [-0.2, 0) is 0 Å². The van der Waals surface area contributed by atoms with Crippen LogP contribution < -0.4 is 5.32 Å². The quantitative estimate of drug-likeness (QED) is 0.918. The second-order valence-electron chi connectivity index (χ2n) is 4.47. The summed E-state index contributed by atoms with van der Waals surface area (Å²) in [5.41, 5.74) is 3.19. The second-order valence-corrected chi connectivity index (χ2v) is 5.79. The third-order valence-corrected chi connectivity index (χ3v) is 3.97. The van der Waals surface area contributed by atoms with Gasteiger partial charge in [-0.3, -0.25) is 0 Å². The highest BCUT2D eigenvalue weighted by Crippen LogP contribution is 2.29. The zero-order valence-corrected chi connectivity index (χ0v) is 12.1. The van der Waals surface area contributed by atoms with E-state index in [2.05, 4.69) is 47.6 Å². The van der Waals surface area contributed by atoms with Crippen molar-refractivity contribution < 1.29 is 0 Å². The number of thiophene rings is 1. The highest BCUT2D eigenvalue weighted by molar-refractivity contribution is 7.12. The van der Waals surface area contributed by atoms with Crippen LogP contribution in [0, 0.1) is 20.8 Å². The summed E-state index contributed by atoms with van der Waals surface area (Å²) in [6.07, 6.45) is 0. The van der Waals surface area contributed by atoms with E-state index in [9.17, 15) is 0 Å². The van der Waals surface area contributed by atoms with Gasteiger partial charge in [-0.05, 0) is 51.1 Å². The molecule has 18 heavy (non-hydrogen) atoms. The molecule has 0 aliphatic rings. The maximum Gasteiger partial charge on any atom is 0.0690 e. The molecule has 1 atom stereocenters. The minimum absolute atomic E-state index is 0.225. The molecular weight excluding hydrogens is 242 g/mol. The lowest BCUT2D eigenvalue weighted by molar-refractivity contribution is 0.629. The first-order valence-electron chi connectivity index (χ1n) is 6.22. The van der Waals surface area contributed by atoms with Gasteiger partial charge in [-0.25, -0.2) is 0 Å². The lowest BCUT2D eigenvalue weighted by Crippen LogP contribution is -2.22. The summed E-state index contributed by atoms with van der Waals surface area (Å²) in [4.78, 5) is 2.68. The minimum Gasteiger partial charge on any atom is -0.306 e. The molecule has 2 aromatic heterocycles. The van der Waals surface area contributed by atoms with Crippen molar-refractivity contribution in [3.05, 3.63) is 44.9 Å². The van der Waals surface area contributed by atoms with Gasteiger partial charge in [0, 0.05) is 9.75 Å². The molecule has 0 bridgehead atoms. The van der Waals surface area contributed by atoms with E-state index in [0.717, 1.165) is 17.9 Å². The Morgan fingerprint density at radius 1 is 1.22 bits per heavy atom. The van der Waals surface area contributed by atoms with Gasteiger partial charge in [-0.15, -0.1) is 11.3 Å². The zero-order valence-electron chi connectivity index (χ0n) is 11.3. The van der Waals surface area contributed by atoms with Crippen molar-refractivity contribution in [2.75, 3.05) is 6.54 Å². The predicted octanol–water partition coefficient (Wildman–Crippen LogP) is 3.16. The first kappa shape index (κ1) is 13.2. The van der Waals surface area contributed by atoms with E-state index < -0.39 is 0 Å². The van der Waals surface area contributed by atoms with Crippen LogP contribution in [0.4, 0.5) is 0 Å². The fourth-order valence-electron chi connectivity index (χ4n) is 2.04. The van der Waals surface area contributed by atoms with E-state index in [-0.39, 0.29) is 6.04 Å². The summed E-state index contributed by atoms with van der Waals surface area (Å²) >= 11 is 1.83. The highest BCUT2D eigenvalue weighted by atomic mass is 32.1. The molecule has 0 aliphatic carbocycles. The minimum atomic E-state index is 0.225. The Labute approximate surface area is 112 Å². The monoisotopic (exact) mass is 261 g/mol. The Hall–Kier alpha value is -1.26. The number of aryl methyl sites for hydroxylation is 3. The first-order valence-corrected chi connectivity index (χ1v) is 7.04. The summed E-state index contributed by atoms with van der Waals surface area (Å²) in [5.74, 6) is 0. The van der Waals surface area contributed by atoms with E-state index in [1.165, 1.54) is 15.3 Å². The van der Waals surface area contributed by atoms with Crippen LogP contribution in [-0.4, -0.2) is 16.7 Å². The van der Waals surface area contributed by atoms with Crippen molar-refractivity contribution in [3.63, 3.8) is 0 Å². The summed E-state index contributed by atoms with van der Waals surface area (Å²) in [6.45, 7) is 9.21. The van der Waals surface area contributed by atoms with Crippen molar-refractivity contribution >= 4 is 11.3 Å². The molecule has 3 nitrogen and oxygen atoms in total. The SMILES string of the molecule is CCNC(c1ccc(C)s1)c1cc(C)nnc1C. The van der Waals surface area contributed by atoms with E-state index in [1.54, 1.807) is 0 Å². The van der Waals surface area contributed by atoms with Crippen molar-refractivity contribution in [1.29, 1.82) is 0 Å². The third-order valence-electron chi connectivity index (χ3n) is 2.90. The number of nitrogens with one attached hydrogen (secondary N) is 1. The molecule has 0 aliphatic heterocycles. The van der Waals surface area contributed by atoms with Crippen LogP contribution in [0.15, 0.2) is 18.2 Å². The van der Waals surface area contributed by atoms with Gasteiger partial charge in [0.15, 0.2) is 0 Å². The van der Waals surface area contributed by atoms with E-state index >= 15 is 0 Å². The average molecular weight is 261 g/mol. The van der Waals surface area contributed by atoms with Crippen molar-refractivity contribution in [1.82, 2.24) is 15.5 Å². The maximum atomic E-state index is 4.23. The molecule has 0 amide bonds. The highest BCUT2D eigenvalue weighted by Gasteiger charge is 2.18. The van der Waals surface area contributed by atoms with E-state index in [0.29, 0.717) is 0 Å². The van der Waals surface area contributed by atoms with Gasteiger partial charge in [0.1, 0.15) is 0 Å². The van der Waals surface area contributed by atoms with E-state index in [1.807, 2.05) is 25.2 Å². The molecule has 0 fully saturated rings. The molecule has 1 unspecified atom stereocenters. The summed E-state index contributed by atoms with van der Waals surface area (Å²) in [7, 11) is 0. The Morgan fingerprint density at radius 2 is 2.00 bits per heavy atom. The van der Waals surface area contributed by atoms with Crippen molar-refractivity contribution in [3.8, 4) is 0 Å². The molecule has 2 heterocycles. The molecule has 0 saturated carbocycles. The average Bonchev–Trinajstić information content (AvgIpc) is 2.76. The molecule has 1 N–H and O–H groups in total. The molecule has 96 valence electrons. The zero-order chi connectivity index (χ0) is 13.1. The van der Waals surface area contributed by atoms with E-state index in [4.69, 9.17) is 0 Å². The number of aromatic nitrogens is 2. The summed E-state index contributed by atoms with van der Waals surface area (Å²) < 4.78 is 0. The van der Waals surface area contributed by atoms with Gasteiger partial charge in [0.2, 0.25) is 0 Å². The molecular formula is C14H19N3S. The molecule has 4 heteroatoms. The van der Waals surface area contributed by atoms with Gasteiger partial charge >= 0.3 is 0 Å². The number of rotatable bonds is 4. The van der Waals surface area contributed by atoms with Crippen LogP contribution in [0.2, 0.25) is 0 Å². The van der Waals surface area contributed by atoms with Crippen molar-refractivity contribution in [2.24, 2.45) is 0 Å². The number of nitrogens with zero attached hydrogens (tertiary/aromatic N) is 2. The molecule has 0 spiro atoms. The lowest BCUT2D eigenvalue weighted by Gasteiger charge is -2.18. The largest absolute Gasteiger partial charge is 0.306 e. The predicted molar refractivity (Wildman–Crippen MR) is 76.1 cm³/mol. The third kappa shape index (κ3) is 2.76. The maximum absolute atomic E-state index is 4.23. The smallest absolute Gasteiger partial charge is 0.0690 e. The fraction of sp³-hybridized carbons (Fsp3) is 0.429.